The number of nitrogens with zero attached hydrogens (tertiary/aromatic N) is 3. The average molecular weight is 233 g/mol. The van der Waals surface area contributed by atoms with E-state index in [2.05, 4.69) is 23.9 Å². The minimum Gasteiger partial charge on any atom is -0.476 e. The highest BCUT2D eigenvalue weighted by atomic mass is 16.4. The Morgan fingerprint density at radius 2 is 2.18 bits per heavy atom. The van der Waals surface area contributed by atoms with Gasteiger partial charge < -0.3 is 5.11 Å². The molecule has 2 heterocycles. The number of aromatic carboxylic acids is 1. The van der Waals surface area contributed by atoms with Crippen molar-refractivity contribution in [3.63, 3.8) is 0 Å². The van der Waals surface area contributed by atoms with Gasteiger partial charge in [0.05, 0.1) is 0 Å². The van der Waals surface area contributed by atoms with E-state index in [1.165, 1.54) is 6.07 Å². The highest BCUT2D eigenvalue weighted by Crippen LogP contribution is 2.13. The Balaban J connectivity index is 2.61. The number of carboxylic acids is 1. The maximum atomic E-state index is 10.9. The highest BCUT2D eigenvalue weighted by Gasteiger charge is 2.13. The van der Waals surface area contributed by atoms with Crippen molar-refractivity contribution in [2.24, 2.45) is 5.92 Å². The molecule has 0 fully saturated rings. The van der Waals surface area contributed by atoms with Gasteiger partial charge in [-0.2, -0.15) is 5.10 Å². The van der Waals surface area contributed by atoms with E-state index in [4.69, 9.17) is 5.11 Å². The monoisotopic (exact) mass is 233 g/mol. The van der Waals surface area contributed by atoms with Crippen LogP contribution >= 0.6 is 0 Å². The fourth-order valence-electron chi connectivity index (χ4n) is 1.85. The van der Waals surface area contributed by atoms with Crippen molar-refractivity contribution in [2.75, 3.05) is 0 Å². The predicted octanol–water partition coefficient (Wildman–Crippen LogP) is 1.93. The third-order valence-corrected chi connectivity index (χ3v) is 2.47. The lowest BCUT2D eigenvalue weighted by molar-refractivity contribution is 0.0690. The van der Waals surface area contributed by atoms with Crippen LogP contribution < -0.4 is 0 Å². The van der Waals surface area contributed by atoms with Gasteiger partial charge in [-0.05, 0) is 25.3 Å². The molecule has 5 heteroatoms. The molecule has 0 unspecified atom stereocenters. The molecule has 2 aromatic rings. The third-order valence-electron chi connectivity index (χ3n) is 2.47. The number of fused-ring (bicyclic) bond motifs is 1. The van der Waals surface area contributed by atoms with E-state index in [0.717, 1.165) is 17.8 Å². The molecule has 0 bridgehead atoms. The highest BCUT2D eigenvalue weighted by molar-refractivity contribution is 5.86. The van der Waals surface area contributed by atoms with Gasteiger partial charge in [0.15, 0.2) is 11.3 Å². The zero-order valence-corrected chi connectivity index (χ0v) is 10.1. The number of aromatic nitrogens is 3. The predicted molar refractivity (Wildman–Crippen MR) is 63.2 cm³/mol. The van der Waals surface area contributed by atoms with Gasteiger partial charge in [-0.25, -0.2) is 14.3 Å². The van der Waals surface area contributed by atoms with Crippen LogP contribution in [0.2, 0.25) is 0 Å². The van der Waals surface area contributed by atoms with Crippen LogP contribution in [-0.4, -0.2) is 25.7 Å². The summed E-state index contributed by atoms with van der Waals surface area (Å²) in [5, 5.41) is 13.0. The Labute approximate surface area is 99.1 Å². The van der Waals surface area contributed by atoms with E-state index >= 15 is 0 Å². The topological polar surface area (TPSA) is 67.5 Å². The second kappa shape index (κ2) is 4.16. The molecule has 1 N–H and O–H groups in total. The van der Waals surface area contributed by atoms with Crippen LogP contribution in [0.15, 0.2) is 12.1 Å². The second-order valence-electron chi connectivity index (χ2n) is 4.59. The van der Waals surface area contributed by atoms with Gasteiger partial charge in [0.2, 0.25) is 0 Å². The summed E-state index contributed by atoms with van der Waals surface area (Å²) in [6, 6.07) is 3.45. The average Bonchev–Trinajstić information content (AvgIpc) is 2.60. The third kappa shape index (κ3) is 2.27. The normalized spacial score (nSPS) is 11.3. The number of carboxylic acid groups (broad SMARTS) is 1. The molecule has 0 aromatic carbocycles. The SMILES string of the molecule is Cc1cc(CC(C)C)n2nc(C(=O)O)cc2n1. The number of carbonyl (C=O) groups is 1. The Morgan fingerprint density at radius 3 is 2.76 bits per heavy atom. The number of aryl methyl sites for hydroxylation is 1. The van der Waals surface area contributed by atoms with Crippen molar-refractivity contribution >= 4 is 11.6 Å². The van der Waals surface area contributed by atoms with E-state index in [0.29, 0.717) is 11.6 Å². The van der Waals surface area contributed by atoms with Crippen molar-refractivity contribution in [1.29, 1.82) is 0 Å². The molecule has 0 atom stereocenters. The zero-order valence-electron chi connectivity index (χ0n) is 10.1. The minimum atomic E-state index is -1.02. The first-order chi connectivity index (χ1) is 7.97. The maximum Gasteiger partial charge on any atom is 0.356 e. The molecule has 0 aliphatic rings. The van der Waals surface area contributed by atoms with E-state index in [9.17, 15) is 4.79 Å². The van der Waals surface area contributed by atoms with E-state index in [1.807, 2.05) is 13.0 Å². The summed E-state index contributed by atoms with van der Waals surface area (Å²) < 4.78 is 1.62. The molecular weight excluding hydrogens is 218 g/mol. The minimum absolute atomic E-state index is 0.0353. The molecular formula is C12H15N3O2. The summed E-state index contributed by atoms with van der Waals surface area (Å²) in [4.78, 5) is 15.2. The first-order valence-corrected chi connectivity index (χ1v) is 5.57. The van der Waals surface area contributed by atoms with Crippen LogP contribution in [0.25, 0.3) is 5.65 Å². The van der Waals surface area contributed by atoms with Gasteiger partial charge in [0, 0.05) is 17.5 Å². The fourth-order valence-corrected chi connectivity index (χ4v) is 1.85. The van der Waals surface area contributed by atoms with Gasteiger partial charge in [-0.3, -0.25) is 0 Å². The summed E-state index contributed by atoms with van der Waals surface area (Å²) in [5.74, 6) is -0.541. The van der Waals surface area contributed by atoms with Crippen LogP contribution in [0.1, 0.15) is 35.7 Å². The molecule has 0 amide bonds. The van der Waals surface area contributed by atoms with Crippen molar-refractivity contribution in [2.45, 2.75) is 27.2 Å². The van der Waals surface area contributed by atoms with Crippen molar-refractivity contribution in [1.82, 2.24) is 14.6 Å². The van der Waals surface area contributed by atoms with E-state index < -0.39 is 5.97 Å². The maximum absolute atomic E-state index is 10.9. The number of rotatable bonds is 3. The molecule has 90 valence electrons. The van der Waals surface area contributed by atoms with Crippen LogP contribution in [-0.2, 0) is 6.42 Å². The Bertz CT molecular complexity index is 572. The zero-order chi connectivity index (χ0) is 12.6. The Kier molecular flexibility index (Phi) is 2.83. The van der Waals surface area contributed by atoms with Crippen molar-refractivity contribution in [3.05, 3.63) is 29.2 Å². The van der Waals surface area contributed by atoms with Gasteiger partial charge >= 0.3 is 5.97 Å². The molecule has 0 spiro atoms. The second-order valence-corrected chi connectivity index (χ2v) is 4.59. The van der Waals surface area contributed by atoms with Crippen molar-refractivity contribution in [3.8, 4) is 0 Å². The van der Waals surface area contributed by atoms with Gasteiger partial charge in [-0.1, -0.05) is 13.8 Å². The van der Waals surface area contributed by atoms with Crippen molar-refractivity contribution < 1.29 is 9.90 Å². The molecule has 5 nitrogen and oxygen atoms in total. The van der Waals surface area contributed by atoms with Gasteiger partial charge in [-0.15, -0.1) is 0 Å². The Morgan fingerprint density at radius 1 is 1.47 bits per heavy atom. The Hall–Kier alpha value is -1.91. The number of hydrogen-bond acceptors (Lipinski definition) is 3. The smallest absolute Gasteiger partial charge is 0.356 e. The molecule has 0 saturated carbocycles. The summed E-state index contributed by atoms with van der Waals surface area (Å²) in [6.45, 7) is 6.13. The molecule has 2 rings (SSSR count). The fraction of sp³-hybridized carbons (Fsp3) is 0.417. The molecule has 2 aromatic heterocycles. The first kappa shape index (κ1) is 11.6. The van der Waals surface area contributed by atoms with Crippen LogP contribution in [0.4, 0.5) is 0 Å². The van der Waals surface area contributed by atoms with Crippen LogP contribution in [0, 0.1) is 12.8 Å². The molecule has 0 saturated heterocycles. The van der Waals surface area contributed by atoms with Crippen LogP contribution in [0.3, 0.4) is 0 Å². The summed E-state index contributed by atoms with van der Waals surface area (Å²) in [7, 11) is 0. The lowest BCUT2D eigenvalue weighted by atomic mass is 10.1. The molecule has 0 radical (unpaired) electrons. The lowest BCUT2D eigenvalue weighted by Crippen LogP contribution is -2.06. The quantitative estimate of drug-likeness (QED) is 0.879. The largest absolute Gasteiger partial charge is 0.476 e. The summed E-state index contributed by atoms with van der Waals surface area (Å²) >= 11 is 0. The van der Waals surface area contributed by atoms with E-state index in [-0.39, 0.29) is 5.69 Å². The van der Waals surface area contributed by atoms with E-state index in [1.54, 1.807) is 4.52 Å². The van der Waals surface area contributed by atoms with Gasteiger partial charge in [0.1, 0.15) is 0 Å². The lowest BCUT2D eigenvalue weighted by Gasteiger charge is -2.07. The molecule has 17 heavy (non-hydrogen) atoms. The van der Waals surface area contributed by atoms with Gasteiger partial charge in [0.25, 0.3) is 0 Å². The summed E-state index contributed by atoms with van der Waals surface area (Å²) in [6.07, 6.45) is 0.848. The first-order valence-electron chi connectivity index (χ1n) is 5.57. The molecule has 0 aliphatic carbocycles. The molecule has 0 aliphatic heterocycles. The number of hydrogen-bond donors (Lipinski definition) is 1. The van der Waals surface area contributed by atoms with Crippen LogP contribution in [0.5, 0.6) is 0 Å². The summed E-state index contributed by atoms with van der Waals surface area (Å²) in [5.41, 5.74) is 2.51. The standard InChI is InChI=1S/C12H15N3O2/c1-7(2)4-9-5-8(3)13-11-6-10(12(16)17)14-15(9)11/h5-7H,4H2,1-3H3,(H,16,17).